The van der Waals surface area contributed by atoms with E-state index in [0.29, 0.717) is 18.8 Å². The van der Waals surface area contributed by atoms with Crippen molar-refractivity contribution in [3.63, 3.8) is 0 Å². The summed E-state index contributed by atoms with van der Waals surface area (Å²) in [6, 6.07) is 1.98. The molecule has 0 spiro atoms. The molecule has 0 saturated heterocycles. The molecule has 3 aromatic heterocycles. The number of hydrogen-bond donors (Lipinski definition) is 1. The SMILES string of the molecule is CC[C@@H]1C[C@@H](O[C@H]2CC[C@H](C(F)(F)F)CC2)C[C@H]1c1nnc2cnc3[nH]ccc3n12. The van der Waals surface area contributed by atoms with Gasteiger partial charge in [0.15, 0.2) is 11.3 Å². The minimum atomic E-state index is -4.08. The molecule has 2 aliphatic rings. The Morgan fingerprint density at radius 2 is 1.93 bits per heavy atom. The quantitative estimate of drug-likeness (QED) is 0.643. The van der Waals surface area contributed by atoms with Crippen LogP contribution in [0.4, 0.5) is 13.2 Å². The summed E-state index contributed by atoms with van der Waals surface area (Å²) in [7, 11) is 0. The minimum Gasteiger partial charge on any atom is -0.375 e. The van der Waals surface area contributed by atoms with Gasteiger partial charge in [0.2, 0.25) is 0 Å². The lowest BCUT2D eigenvalue weighted by Gasteiger charge is -2.31. The molecule has 0 amide bonds. The zero-order valence-electron chi connectivity index (χ0n) is 16.9. The van der Waals surface area contributed by atoms with Gasteiger partial charge in [-0.25, -0.2) is 4.98 Å². The van der Waals surface area contributed by atoms with Gasteiger partial charge in [0.25, 0.3) is 0 Å². The van der Waals surface area contributed by atoms with Crippen LogP contribution in [0.3, 0.4) is 0 Å². The molecule has 0 unspecified atom stereocenters. The van der Waals surface area contributed by atoms with Gasteiger partial charge in [0, 0.05) is 12.1 Å². The van der Waals surface area contributed by atoms with E-state index in [0.717, 1.165) is 41.9 Å². The first-order valence-electron chi connectivity index (χ1n) is 10.8. The molecule has 2 fully saturated rings. The molecule has 0 radical (unpaired) electrons. The third kappa shape index (κ3) is 3.46. The zero-order valence-corrected chi connectivity index (χ0v) is 16.9. The van der Waals surface area contributed by atoms with Crippen molar-refractivity contribution in [3.8, 4) is 0 Å². The Morgan fingerprint density at radius 3 is 2.67 bits per heavy atom. The van der Waals surface area contributed by atoms with Crippen LogP contribution in [0.2, 0.25) is 0 Å². The molecule has 30 heavy (non-hydrogen) atoms. The third-order valence-corrected chi connectivity index (χ3v) is 7.00. The van der Waals surface area contributed by atoms with Crippen molar-refractivity contribution in [3.05, 3.63) is 24.3 Å². The smallest absolute Gasteiger partial charge is 0.375 e. The largest absolute Gasteiger partial charge is 0.391 e. The first-order chi connectivity index (χ1) is 14.4. The average molecular weight is 421 g/mol. The van der Waals surface area contributed by atoms with Gasteiger partial charge in [-0.1, -0.05) is 13.3 Å². The molecule has 2 saturated carbocycles. The fourth-order valence-electron chi connectivity index (χ4n) is 5.39. The molecule has 3 aromatic rings. The topological polar surface area (TPSA) is 68.1 Å². The summed E-state index contributed by atoms with van der Waals surface area (Å²) >= 11 is 0. The number of hydrogen-bond acceptors (Lipinski definition) is 4. The van der Waals surface area contributed by atoms with Crippen molar-refractivity contribution in [1.29, 1.82) is 0 Å². The molecular formula is C21H26F3N5O. The normalized spacial score (nSPS) is 30.5. The van der Waals surface area contributed by atoms with Crippen LogP contribution in [0, 0.1) is 11.8 Å². The molecule has 5 rings (SSSR count). The lowest BCUT2D eigenvalue weighted by atomic mass is 9.87. The highest BCUT2D eigenvalue weighted by Gasteiger charge is 2.43. The summed E-state index contributed by atoms with van der Waals surface area (Å²) in [6.45, 7) is 2.17. The highest BCUT2D eigenvalue weighted by molar-refractivity contribution is 5.74. The molecule has 1 N–H and O–H groups in total. The van der Waals surface area contributed by atoms with Crippen molar-refractivity contribution in [1.82, 2.24) is 24.6 Å². The number of fused-ring (bicyclic) bond motifs is 3. The Kier molecular flexibility index (Phi) is 4.95. The van der Waals surface area contributed by atoms with Gasteiger partial charge in [-0.05, 0) is 50.5 Å². The van der Waals surface area contributed by atoms with Gasteiger partial charge in [-0.15, -0.1) is 10.2 Å². The lowest BCUT2D eigenvalue weighted by Crippen LogP contribution is -2.32. The predicted molar refractivity (Wildman–Crippen MR) is 105 cm³/mol. The van der Waals surface area contributed by atoms with E-state index in [1.54, 1.807) is 6.20 Å². The number of aromatic amines is 1. The average Bonchev–Trinajstić information content (AvgIpc) is 3.44. The van der Waals surface area contributed by atoms with E-state index >= 15 is 0 Å². The van der Waals surface area contributed by atoms with Crippen LogP contribution in [-0.4, -0.2) is 43.0 Å². The first kappa shape index (κ1) is 19.8. The molecule has 0 aliphatic heterocycles. The fraction of sp³-hybridized carbons (Fsp3) is 0.667. The highest BCUT2D eigenvalue weighted by Crippen LogP contribution is 2.44. The van der Waals surface area contributed by atoms with E-state index in [4.69, 9.17) is 4.74 Å². The minimum absolute atomic E-state index is 0.0586. The summed E-state index contributed by atoms with van der Waals surface area (Å²) in [4.78, 5) is 7.51. The van der Waals surface area contributed by atoms with Gasteiger partial charge in [0.05, 0.1) is 29.8 Å². The van der Waals surface area contributed by atoms with E-state index in [-0.39, 0.29) is 31.0 Å². The number of ether oxygens (including phenoxy) is 1. The zero-order chi connectivity index (χ0) is 20.9. The van der Waals surface area contributed by atoms with Crippen LogP contribution in [0.25, 0.3) is 16.8 Å². The Hall–Kier alpha value is -2.16. The van der Waals surface area contributed by atoms with Crippen molar-refractivity contribution in [2.45, 2.75) is 76.2 Å². The second-order valence-electron chi connectivity index (χ2n) is 8.74. The van der Waals surface area contributed by atoms with Crippen LogP contribution < -0.4 is 0 Å². The molecule has 2 aliphatic carbocycles. The Balaban J connectivity index is 1.32. The predicted octanol–water partition coefficient (Wildman–Crippen LogP) is 5.02. The Labute approximate surface area is 172 Å². The molecule has 6 nitrogen and oxygen atoms in total. The van der Waals surface area contributed by atoms with Gasteiger partial charge in [-0.3, -0.25) is 4.40 Å². The maximum absolute atomic E-state index is 12.9. The molecule has 0 aromatic carbocycles. The summed E-state index contributed by atoms with van der Waals surface area (Å²) in [5, 5.41) is 8.82. The maximum atomic E-state index is 12.9. The third-order valence-electron chi connectivity index (χ3n) is 7.00. The van der Waals surface area contributed by atoms with Gasteiger partial charge in [-0.2, -0.15) is 13.2 Å². The van der Waals surface area contributed by atoms with Gasteiger partial charge in [0.1, 0.15) is 5.82 Å². The number of rotatable bonds is 4. The summed E-state index contributed by atoms with van der Waals surface area (Å²) < 4.78 is 47.2. The van der Waals surface area contributed by atoms with E-state index < -0.39 is 12.1 Å². The number of alkyl halides is 3. The standard InChI is InChI=1S/C21H26F3N5O/c1-2-12-9-15(30-14-5-3-13(4-6-14)21(22,23)24)10-16(12)20-28-27-18-11-26-19-17(29(18)20)7-8-25-19/h7-8,11-16,25H,2-6,9-10H2,1H3/t12-,13-,14-,15-,16-/m1/s1. The monoisotopic (exact) mass is 421 g/mol. The van der Waals surface area contributed by atoms with E-state index in [1.807, 2.05) is 12.3 Å². The second-order valence-corrected chi connectivity index (χ2v) is 8.74. The first-order valence-corrected chi connectivity index (χ1v) is 10.8. The number of aromatic nitrogens is 5. The molecule has 9 heteroatoms. The lowest BCUT2D eigenvalue weighted by molar-refractivity contribution is -0.189. The number of halogens is 3. The summed E-state index contributed by atoms with van der Waals surface area (Å²) in [5.74, 6) is 0.380. The van der Waals surface area contributed by atoms with E-state index in [1.165, 1.54) is 0 Å². The Bertz CT molecular complexity index is 1020. The van der Waals surface area contributed by atoms with E-state index in [2.05, 4.69) is 31.5 Å². The van der Waals surface area contributed by atoms with E-state index in [9.17, 15) is 13.2 Å². The van der Waals surface area contributed by atoms with Crippen LogP contribution in [0.5, 0.6) is 0 Å². The van der Waals surface area contributed by atoms with Crippen molar-refractivity contribution < 1.29 is 17.9 Å². The molecule has 3 atom stereocenters. The highest BCUT2D eigenvalue weighted by atomic mass is 19.4. The van der Waals surface area contributed by atoms with Crippen LogP contribution in [-0.2, 0) is 4.74 Å². The molecule has 3 heterocycles. The van der Waals surface area contributed by atoms with Crippen molar-refractivity contribution in [2.75, 3.05) is 0 Å². The van der Waals surface area contributed by atoms with Crippen molar-refractivity contribution >= 4 is 16.8 Å². The summed E-state index contributed by atoms with van der Waals surface area (Å²) in [6.07, 6.45) is 3.56. The van der Waals surface area contributed by atoms with Crippen LogP contribution in [0.1, 0.15) is 63.6 Å². The van der Waals surface area contributed by atoms with Crippen LogP contribution >= 0.6 is 0 Å². The molecule has 0 bridgehead atoms. The number of nitrogens with zero attached hydrogens (tertiary/aromatic N) is 4. The van der Waals surface area contributed by atoms with Gasteiger partial charge < -0.3 is 9.72 Å². The number of H-pyrrole nitrogens is 1. The molecule has 162 valence electrons. The van der Waals surface area contributed by atoms with Crippen LogP contribution in [0.15, 0.2) is 18.5 Å². The van der Waals surface area contributed by atoms with Crippen molar-refractivity contribution in [2.24, 2.45) is 11.8 Å². The maximum Gasteiger partial charge on any atom is 0.391 e. The summed E-state index contributed by atoms with van der Waals surface area (Å²) in [5.41, 5.74) is 2.47. The fourth-order valence-corrected chi connectivity index (χ4v) is 5.39. The second kappa shape index (κ2) is 7.51. The number of nitrogens with one attached hydrogen (secondary N) is 1. The van der Waals surface area contributed by atoms with Gasteiger partial charge >= 0.3 is 6.18 Å². The Morgan fingerprint density at radius 1 is 1.13 bits per heavy atom. The molecular weight excluding hydrogens is 395 g/mol.